The fourth-order valence-electron chi connectivity index (χ4n) is 2.50. The minimum Gasteiger partial charge on any atom is -0.470 e. The second-order valence-electron chi connectivity index (χ2n) is 5.05. The van der Waals surface area contributed by atoms with Gasteiger partial charge in [-0.25, -0.2) is 9.79 Å². The number of hydrogen-bond donors (Lipinski definition) is 0. The highest BCUT2D eigenvalue weighted by Crippen LogP contribution is 2.43. The second-order valence-corrected chi connectivity index (χ2v) is 5.46. The summed E-state index contributed by atoms with van der Waals surface area (Å²) in [6.07, 6.45) is -0.232. The van der Waals surface area contributed by atoms with Gasteiger partial charge in [-0.3, -0.25) is 0 Å². The third kappa shape index (κ3) is 2.47. The van der Waals surface area contributed by atoms with Crippen LogP contribution >= 0.6 is 11.6 Å². The number of fused-ring (bicyclic) bond motifs is 1. The molecule has 0 spiro atoms. The fourth-order valence-corrected chi connectivity index (χ4v) is 2.76. The second kappa shape index (κ2) is 5.68. The summed E-state index contributed by atoms with van der Waals surface area (Å²) < 4.78 is 21.7. The van der Waals surface area contributed by atoms with Crippen LogP contribution in [0.2, 0.25) is 5.02 Å². The van der Waals surface area contributed by atoms with E-state index in [0.717, 1.165) is 0 Å². The van der Waals surface area contributed by atoms with Crippen LogP contribution in [0.25, 0.3) is 0 Å². The van der Waals surface area contributed by atoms with Crippen LogP contribution in [0, 0.1) is 0 Å². The maximum Gasteiger partial charge on any atom is 0.335 e. The van der Waals surface area contributed by atoms with Crippen LogP contribution in [0.15, 0.2) is 17.1 Å². The Hall–Kier alpha value is -1.95. The van der Waals surface area contributed by atoms with Crippen LogP contribution < -0.4 is 9.47 Å². The molecular formula is C15H16ClNO5. The number of carbonyl (C=O) groups is 1. The summed E-state index contributed by atoms with van der Waals surface area (Å²) in [7, 11) is 1.32. The molecular weight excluding hydrogens is 310 g/mol. The van der Waals surface area contributed by atoms with E-state index in [-0.39, 0.29) is 6.29 Å². The zero-order chi connectivity index (χ0) is 15.9. The normalized spacial score (nSPS) is 25.6. The van der Waals surface area contributed by atoms with Gasteiger partial charge in [0.1, 0.15) is 0 Å². The summed E-state index contributed by atoms with van der Waals surface area (Å²) in [5.74, 6) is 1.12. The van der Waals surface area contributed by atoms with E-state index in [1.165, 1.54) is 7.11 Å². The first kappa shape index (κ1) is 15.0. The summed E-state index contributed by atoms with van der Waals surface area (Å²) in [6, 6.07) is 2.64. The minimum absolute atomic E-state index is 0.319. The maximum atomic E-state index is 11.9. The Morgan fingerprint density at radius 1 is 1.32 bits per heavy atom. The number of benzene rings is 1. The van der Waals surface area contributed by atoms with E-state index in [2.05, 4.69) is 4.99 Å². The van der Waals surface area contributed by atoms with Gasteiger partial charge >= 0.3 is 5.97 Å². The van der Waals surface area contributed by atoms with Crippen LogP contribution in [0.1, 0.15) is 31.9 Å². The summed E-state index contributed by atoms with van der Waals surface area (Å²) in [5, 5.41) is 0.433. The third-order valence-electron chi connectivity index (χ3n) is 3.57. The number of rotatable bonds is 3. The van der Waals surface area contributed by atoms with Gasteiger partial charge < -0.3 is 18.9 Å². The quantitative estimate of drug-likeness (QED) is 0.799. The average Bonchev–Trinajstić information content (AvgIpc) is 3.08. The monoisotopic (exact) mass is 325 g/mol. The van der Waals surface area contributed by atoms with Crippen LogP contribution in [-0.2, 0) is 14.3 Å². The first-order valence-corrected chi connectivity index (χ1v) is 7.37. The highest BCUT2D eigenvalue weighted by Gasteiger charge is 2.39. The van der Waals surface area contributed by atoms with Gasteiger partial charge in [0, 0.05) is 25.0 Å². The van der Waals surface area contributed by atoms with Gasteiger partial charge in [0.15, 0.2) is 29.5 Å². The Balaban J connectivity index is 1.94. The minimum atomic E-state index is -0.773. The topological polar surface area (TPSA) is 66.4 Å². The predicted octanol–water partition coefficient (Wildman–Crippen LogP) is 2.88. The molecule has 2 aliphatic heterocycles. The molecule has 0 aromatic heterocycles. The summed E-state index contributed by atoms with van der Waals surface area (Å²) in [6.45, 7) is 3.65. The van der Waals surface area contributed by atoms with Crippen molar-refractivity contribution in [3.8, 4) is 11.5 Å². The molecule has 3 unspecified atom stereocenters. The predicted molar refractivity (Wildman–Crippen MR) is 79.5 cm³/mol. The van der Waals surface area contributed by atoms with Crippen molar-refractivity contribution in [1.82, 2.24) is 0 Å². The van der Waals surface area contributed by atoms with Crippen molar-refractivity contribution in [3.63, 3.8) is 0 Å². The number of ether oxygens (including phenoxy) is 4. The van der Waals surface area contributed by atoms with E-state index < -0.39 is 18.1 Å². The molecule has 0 radical (unpaired) electrons. The number of aliphatic imine (C=N–C) groups is 1. The lowest BCUT2D eigenvalue weighted by Gasteiger charge is -2.17. The summed E-state index contributed by atoms with van der Waals surface area (Å²) >= 11 is 6.32. The number of halogens is 1. The van der Waals surface area contributed by atoms with Crippen molar-refractivity contribution in [2.75, 3.05) is 7.11 Å². The van der Waals surface area contributed by atoms with E-state index in [4.69, 9.17) is 30.5 Å². The number of nitrogens with zero attached hydrogens (tertiary/aromatic N) is 1. The van der Waals surface area contributed by atoms with Gasteiger partial charge in [0.25, 0.3) is 0 Å². The summed E-state index contributed by atoms with van der Waals surface area (Å²) in [5.41, 5.74) is 0.622. The van der Waals surface area contributed by atoms with Gasteiger partial charge in [-0.15, -0.1) is 0 Å². The van der Waals surface area contributed by atoms with Gasteiger partial charge in [-0.2, -0.15) is 0 Å². The highest BCUT2D eigenvalue weighted by molar-refractivity contribution is 6.31. The van der Waals surface area contributed by atoms with E-state index in [0.29, 0.717) is 34.4 Å². The molecule has 6 nitrogen and oxygen atoms in total. The molecule has 22 heavy (non-hydrogen) atoms. The van der Waals surface area contributed by atoms with Crippen LogP contribution in [-0.4, -0.2) is 31.3 Å². The van der Waals surface area contributed by atoms with Crippen LogP contribution in [0.3, 0.4) is 0 Å². The maximum absolute atomic E-state index is 11.9. The SMILES string of the molecule is CCC1Oc2cc(Cl)c(C3OC(C)=NC3C(=O)OC)cc2O1. The van der Waals surface area contributed by atoms with Gasteiger partial charge in [0.05, 0.1) is 12.1 Å². The molecule has 7 heteroatoms. The Morgan fingerprint density at radius 2 is 2.00 bits per heavy atom. The molecule has 118 valence electrons. The zero-order valence-corrected chi connectivity index (χ0v) is 13.2. The van der Waals surface area contributed by atoms with E-state index in [1.54, 1.807) is 19.1 Å². The van der Waals surface area contributed by atoms with Crippen LogP contribution in [0.4, 0.5) is 0 Å². The molecule has 1 aromatic carbocycles. The molecule has 0 fully saturated rings. The highest BCUT2D eigenvalue weighted by atomic mass is 35.5. The van der Waals surface area contributed by atoms with Gasteiger partial charge in [0.2, 0.25) is 6.29 Å². The van der Waals surface area contributed by atoms with Crippen molar-refractivity contribution in [2.24, 2.45) is 4.99 Å². The standard InChI is InChI=1S/C15H16ClNO5/c1-4-12-21-10-5-8(9(16)6-11(10)22-12)14-13(15(18)19-3)17-7(2)20-14/h5-6,12-14H,4H2,1-3H3. The Morgan fingerprint density at radius 3 is 2.64 bits per heavy atom. The van der Waals surface area contributed by atoms with E-state index in [1.807, 2.05) is 6.92 Å². The fraction of sp³-hybridized carbons (Fsp3) is 0.467. The smallest absolute Gasteiger partial charge is 0.335 e. The molecule has 0 amide bonds. The Bertz CT molecular complexity index is 645. The molecule has 1 aromatic rings. The van der Waals surface area contributed by atoms with Crippen LogP contribution in [0.5, 0.6) is 11.5 Å². The molecule has 2 heterocycles. The first-order chi connectivity index (χ1) is 10.5. The van der Waals surface area contributed by atoms with Crippen molar-refractivity contribution in [2.45, 2.75) is 38.7 Å². The molecule has 2 aliphatic rings. The molecule has 3 rings (SSSR count). The molecule has 3 atom stereocenters. The van der Waals surface area contributed by atoms with Crippen molar-refractivity contribution < 1.29 is 23.7 Å². The first-order valence-electron chi connectivity index (χ1n) is 6.99. The van der Waals surface area contributed by atoms with Gasteiger partial charge in [-0.1, -0.05) is 18.5 Å². The van der Waals surface area contributed by atoms with Gasteiger partial charge in [-0.05, 0) is 6.07 Å². The number of methoxy groups -OCH3 is 1. The van der Waals surface area contributed by atoms with E-state index in [9.17, 15) is 4.79 Å². The molecule has 0 N–H and O–H groups in total. The average molecular weight is 326 g/mol. The van der Waals surface area contributed by atoms with Crippen molar-refractivity contribution in [1.29, 1.82) is 0 Å². The molecule has 0 saturated heterocycles. The lowest BCUT2D eigenvalue weighted by molar-refractivity contribution is -0.143. The van der Waals surface area contributed by atoms with E-state index >= 15 is 0 Å². The number of carbonyl (C=O) groups excluding carboxylic acids is 1. The lowest BCUT2D eigenvalue weighted by Crippen LogP contribution is -2.25. The third-order valence-corrected chi connectivity index (χ3v) is 3.89. The Labute approximate surface area is 133 Å². The number of hydrogen-bond acceptors (Lipinski definition) is 6. The molecule has 0 aliphatic carbocycles. The molecule has 0 bridgehead atoms. The Kier molecular flexibility index (Phi) is 3.87. The van der Waals surface area contributed by atoms with Crippen molar-refractivity contribution >= 4 is 23.5 Å². The summed E-state index contributed by atoms with van der Waals surface area (Å²) in [4.78, 5) is 16.1. The largest absolute Gasteiger partial charge is 0.470 e. The van der Waals surface area contributed by atoms with Crippen molar-refractivity contribution in [3.05, 3.63) is 22.7 Å². The number of esters is 1. The molecule has 0 saturated carbocycles. The zero-order valence-electron chi connectivity index (χ0n) is 12.5. The lowest BCUT2D eigenvalue weighted by atomic mass is 10.0.